The third-order valence-corrected chi connectivity index (χ3v) is 6.56. The predicted molar refractivity (Wildman–Crippen MR) is 124 cm³/mol. The van der Waals surface area contributed by atoms with Crippen molar-refractivity contribution in [3.63, 3.8) is 0 Å². The number of nitrogens with zero attached hydrogens (tertiary/aromatic N) is 1. The van der Waals surface area contributed by atoms with Gasteiger partial charge in [-0.1, -0.05) is 12.1 Å². The second-order valence-corrected chi connectivity index (χ2v) is 8.99. The number of carbonyl (C=O) groups is 4. The molecule has 0 bridgehead atoms. The van der Waals surface area contributed by atoms with Gasteiger partial charge in [-0.25, -0.2) is 9.18 Å². The van der Waals surface area contributed by atoms with Crippen LogP contribution in [0.3, 0.4) is 0 Å². The van der Waals surface area contributed by atoms with Crippen molar-refractivity contribution in [2.75, 3.05) is 6.54 Å². The summed E-state index contributed by atoms with van der Waals surface area (Å²) in [5, 5.41) is 37.1. The summed E-state index contributed by atoms with van der Waals surface area (Å²) in [5.41, 5.74) is 0.282. The van der Waals surface area contributed by atoms with E-state index in [0.29, 0.717) is 21.8 Å². The van der Waals surface area contributed by atoms with Crippen molar-refractivity contribution in [1.29, 1.82) is 5.26 Å². The molecule has 0 spiro atoms. The van der Waals surface area contributed by atoms with Crippen LogP contribution in [0.15, 0.2) is 41.8 Å². The van der Waals surface area contributed by atoms with Crippen LogP contribution in [-0.2, 0) is 11.3 Å². The van der Waals surface area contributed by atoms with Gasteiger partial charge in [0.2, 0.25) is 0 Å². The molecule has 0 saturated heterocycles. The molecule has 0 aliphatic carbocycles. The Labute approximate surface area is 205 Å². The predicted octanol–water partition coefficient (Wildman–Crippen LogP) is 2.07. The molecule has 0 aliphatic heterocycles. The number of aliphatic carboxylic acids is 1. The van der Waals surface area contributed by atoms with Gasteiger partial charge < -0.3 is 26.2 Å². The van der Waals surface area contributed by atoms with Gasteiger partial charge in [-0.15, -0.1) is 22.7 Å². The normalized spacial score (nSPS) is 11.2. The Morgan fingerprint density at radius 1 is 1.06 bits per heavy atom. The monoisotopic (exact) mass is 516 g/mol. The van der Waals surface area contributed by atoms with Crippen LogP contribution in [0.5, 0.6) is 5.75 Å². The average Bonchev–Trinajstić information content (AvgIpc) is 3.52. The first-order valence-electron chi connectivity index (χ1n) is 9.84. The third kappa shape index (κ3) is 6.40. The molecule has 35 heavy (non-hydrogen) atoms. The Kier molecular flexibility index (Phi) is 8.13. The second kappa shape index (κ2) is 11.2. The van der Waals surface area contributed by atoms with Gasteiger partial charge in [-0.05, 0) is 35.2 Å². The van der Waals surface area contributed by atoms with Crippen LogP contribution in [0.4, 0.5) is 4.39 Å². The van der Waals surface area contributed by atoms with Crippen molar-refractivity contribution in [2.45, 2.75) is 12.6 Å². The lowest BCUT2D eigenvalue weighted by molar-refractivity contribution is -0.139. The van der Waals surface area contributed by atoms with E-state index in [1.54, 1.807) is 23.6 Å². The first kappa shape index (κ1) is 25.3. The van der Waals surface area contributed by atoms with Crippen LogP contribution < -0.4 is 16.0 Å². The maximum Gasteiger partial charge on any atom is 0.328 e. The third-order valence-electron chi connectivity index (χ3n) is 4.56. The molecule has 2 aromatic heterocycles. The topological polar surface area (TPSA) is 169 Å². The summed E-state index contributed by atoms with van der Waals surface area (Å²) in [6, 6.07) is 8.27. The molecule has 3 rings (SSSR count). The number of hydrogen-bond donors (Lipinski definition) is 5. The highest BCUT2D eigenvalue weighted by Gasteiger charge is 2.26. The molecule has 2 heterocycles. The number of carboxylic acids is 1. The van der Waals surface area contributed by atoms with Crippen molar-refractivity contribution >= 4 is 46.4 Å². The van der Waals surface area contributed by atoms with Crippen LogP contribution in [0.2, 0.25) is 0 Å². The fourth-order valence-corrected chi connectivity index (χ4v) is 4.37. The number of rotatable bonds is 9. The van der Waals surface area contributed by atoms with E-state index >= 15 is 0 Å². The molecule has 1 atom stereocenters. The number of carbonyl (C=O) groups excluding carboxylic acids is 3. The van der Waals surface area contributed by atoms with Crippen LogP contribution in [0.1, 0.15) is 40.1 Å². The summed E-state index contributed by atoms with van der Waals surface area (Å²) in [6.07, 6.45) is 0. The van der Waals surface area contributed by atoms with Crippen LogP contribution >= 0.6 is 22.7 Å². The lowest BCUT2D eigenvalue weighted by Gasteiger charge is -2.14. The molecule has 0 aliphatic rings. The molecular formula is C22H17FN4O6S2. The number of phenolic OH excluding ortho intramolecular Hbond substituents is 1. The molecule has 10 nitrogen and oxygen atoms in total. The first-order chi connectivity index (χ1) is 16.7. The van der Waals surface area contributed by atoms with E-state index in [1.165, 1.54) is 23.5 Å². The highest BCUT2D eigenvalue weighted by Crippen LogP contribution is 2.23. The maximum atomic E-state index is 13.2. The molecular weight excluding hydrogens is 499 g/mol. The van der Waals surface area contributed by atoms with Gasteiger partial charge in [0.15, 0.2) is 11.6 Å². The molecule has 0 radical (unpaired) electrons. The SMILES string of the molecule is N#Cc1cc(C(=O)NCc2ccc(F)c(O)c2)sc1C(=O)N[C@@H](CNC(=O)c1cccs1)C(=O)O. The number of nitriles is 1. The fourth-order valence-electron chi connectivity index (χ4n) is 2.81. The minimum atomic E-state index is -1.48. The van der Waals surface area contributed by atoms with E-state index in [1.807, 2.05) is 0 Å². The summed E-state index contributed by atoms with van der Waals surface area (Å²) in [5.74, 6) is -4.81. The number of phenols is 1. The molecule has 0 unspecified atom stereocenters. The van der Waals surface area contributed by atoms with Crippen molar-refractivity contribution in [3.8, 4) is 11.8 Å². The number of hydrogen-bond acceptors (Lipinski definition) is 8. The molecule has 0 saturated carbocycles. The van der Waals surface area contributed by atoms with Crippen LogP contribution in [-0.4, -0.2) is 46.5 Å². The van der Waals surface area contributed by atoms with Gasteiger partial charge in [0.25, 0.3) is 17.7 Å². The minimum absolute atomic E-state index is 0.0101. The zero-order valence-corrected chi connectivity index (χ0v) is 19.3. The largest absolute Gasteiger partial charge is 0.505 e. The molecule has 180 valence electrons. The Bertz CT molecular complexity index is 1320. The fraction of sp³-hybridized carbons (Fsp3) is 0.136. The quantitative estimate of drug-likeness (QED) is 0.290. The van der Waals surface area contributed by atoms with E-state index in [-0.39, 0.29) is 21.9 Å². The maximum absolute atomic E-state index is 13.2. The number of amides is 3. The standard InChI is InChI=1S/C22H17FN4O6S2/c23-13-4-3-11(6-15(13)28)9-25-20(30)17-7-12(8-24)18(35-17)21(31)27-14(22(32)33)10-26-19(29)16-2-1-5-34-16/h1-7,14,28H,9-10H2,(H,25,30)(H,26,29)(H,27,31)(H,32,33)/t14-/m0/s1. The van der Waals surface area contributed by atoms with Crippen LogP contribution in [0.25, 0.3) is 0 Å². The molecule has 1 aromatic carbocycles. The number of halogens is 1. The van der Waals surface area contributed by atoms with Gasteiger partial charge in [0.05, 0.1) is 15.3 Å². The smallest absolute Gasteiger partial charge is 0.328 e. The van der Waals surface area contributed by atoms with Gasteiger partial charge in [0.1, 0.15) is 17.0 Å². The van der Waals surface area contributed by atoms with E-state index < -0.39 is 47.8 Å². The van der Waals surface area contributed by atoms with Crippen molar-refractivity contribution < 1.29 is 33.8 Å². The summed E-state index contributed by atoms with van der Waals surface area (Å²) in [7, 11) is 0. The lowest BCUT2D eigenvalue weighted by Crippen LogP contribution is -2.48. The molecule has 0 fully saturated rings. The molecule has 3 aromatic rings. The average molecular weight is 517 g/mol. The van der Waals surface area contributed by atoms with Crippen molar-refractivity contribution in [3.05, 3.63) is 73.4 Å². The van der Waals surface area contributed by atoms with Gasteiger partial charge in [-0.3, -0.25) is 14.4 Å². The Balaban J connectivity index is 1.66. The number of carboxylic acid groups (broad SMARTS) is 1. The van der Waals surface area contributed by atoms with Gasteiger partial charge in [0, 0.05) is 13.1 Å². The van der Waals surface area contributed by atoms with Gasteiger partial charge in [-0.2, -0.15) is 5.26 Å². The summed E-state index contributed by atoms with van der Waals surface area (Å²) in [4.78, 5) is 49.0. The van der Waals surface area contributed by atoms with Crippen molar-refractivity contribution in [1.82, 2.24) is 16.0 Å². The Morgan fingerprint density at radius 2 is 1.80 bits per heavy atom. The summed E-state index contributed by atoms with van der Waals surface area (Å²) >= 11 is 1.85. The van der Waals surface area contributed by atoms with Crippen LogP contribution in [0, 0.1) is 17.1 Å². The highest BCUT2D eigenvalue weighted by atomic mass is 32.1. The molecule has 13 heteroatoms. The van der Waals surface area contributed by atoms with Gasteiger partial charge >= 0.3 is 5.97 Å². The summed E-state index contributed by atoms with van der Waals surface area (Å²) in [6.45, 7) is -0.456. The van der Waals surface area contributed by atoms with E-state index in [2.05, 4.69) is 16.0 Å². The number of benzene rings is 1. The minimum Gasteiger partial charge on any atom is -0.505 e. The first-order valence-corrected chi connectivity index (χ1v) is 11.5. The van der Waals surface area contributed by atoms with E-state index in [4.69, 9.17) is 0 Å². The zero-order chi connectivity index (χ0) is 25.5. The zero-order valence-electron chi connectivity index (χ0n) is 17.7. The highest BCUT2D eigenvalue weighted by molar-refractivity contribution is 7.16. The Morgan fingerprint density at radius 3 is 2.43 bits per heavy atom. The van der Waals surface area contributed by atoms with E-state index in [0.717, 1.165) is 12.1 Å². The van der Waals surface area contributed by atoms with Crippen molar-refractivity contribution in [2.24, 2.45) is 0 Å². The Hall–Kier alpha value is -4.28. The molecule has 5 N–H and O–H groups in total. The summed E-state index contributed by atoms with van der Waals surface area (Å²) < 4.78 is 13.2. The number of nitrogens with one attached hydrogen (secondary N) is 3. The molecule has 3 amide bonds. The second-order valence-electron chi connectivity index (χ2n) is 6.99. The number of thiophene rings is 2. The lowest BCUT2D eigenvalue weighted by atomic mass is 10.2. The van der Waals surface area contributed by atoms with E-state index in [9.17, 15) is 39.0 Å². The number of aromatic hydroxyl groups is 1.